The van der Waals surface area contributed by atoms with Crippen LogP contribution in [0.2, 0.25) is 0 Å². The number of carboxylic acids is 1. The Morgan fingerprint density at radius 3 is 2.65 bits per heavy atom. The molecule has 1 aliphatic heterocycles. The SMILES string of the molecule is CN(CC(=O)O)C1CCCN(C(=O)Cc2cccc(C(F)(F)F)c2)CC1. The lowest BCUT2D eigenvalue weighted by Gasteiger charge is -2.25. The van der Waals surface area contributed by atoms with Crippen LogP contribution < -0.4 is 0 Å². The van der Waals surface area contributed by atoms with E-state index in [2.05, 4.69) is 0 Å². The van der Waals surface area contributed by atoms with E-state index in [4.69, 9.17) is 5.11 Å². The van der Waals surface area contributed by atoms with Gasteiger partial charge in [-0.1, -0.05) is 18.2 Å². The van der Waals surface area contributed by atoms with Gasteiger partial charge in [0, 0.05) is 19.1 Å². The van der Waals surface area contributed by atoms with Gasteiger partial charge in [0.05, 0.1) is 18.5 Å². The number of likely N-dealkylation sites (tertiary alicyclic amines) is 1. The van der Waals surface area contributed by atoms with Gasteiger partial charge in [-0.2, -0.15) is 13.2 Å². The number of nitrogens with zero attached hydrogens (tertiary/aromatic N) is 2. The van der Waals surface area contributed by atoms with Crippen LogP contribution in [-0.2, 0) is 22.2 Å². The first kappa shape index (κ1) is 20.2. The van der Waals surface area contributed by atoms with Crippen molar-refractivity contribution in [3.05, 3.63) is 35.4 Å². The third-order valence-corrected chi connectivity index (χ3v) is 4.67. The second-order valence-corrected chi connectivity index (χ2v) is 6.65. The Balaban J connectivity index is 1.95. The predicted molar refractivity (Wildman–Crippen MR) is 89.6 cm³/mol. The van der Waals surface area contributed by atoms with Gasteiger partial charge >= 0.3 is 12.1 Å². The quantitative estimate of drug-likeness (QED) is 0.863. The van der Waals surface area contributed by atoms with Crippen molar-refractivity contribution in [3.8, 4) is 0 Å². The Morgan fingerprint density at radius 1 is 1.27 bits per heavy atom. The Labute approximate surface area is 150 Å². The molecule has 1 atom stereocenters. The molecule has 1 N–H and O–H groups in total. The molecule has 0 aliphatic carbocycles. The second kappa shape index (κ2) is 8.53. The van der Waals surface area contributed by atoms with E-state index in [9.17, 15) is 22.8 Å². The third-order valence-electron chi connectivity index (χ3n) is 4.67. The maximum Gasteiger partial charge on any atom is 0.416 e. The average Bonchev–Trinajstić information content (AvgIpc) is 2.80. The molecule has 2 rings (SSSR count). The summed E-state index contributed by atoms with van der Waals surface area (Å²) in [7, 11) is 1.75. The van der Waals surface area contributed by atoms with Crippen LogP contribution in [0.1, 0.15) is 30.4 Å². The molecule has 1 saturated heterocycles. The van der Waals surface area contributed by atoms with Gasteiger partial charge in [-0.05, 0) is 37.9 Å². The molecule has 1 aromatic carbocycles. The van der Waals surface area contributed by atoms with E-state index < -0.39 is 17.7 Å². The summed E-state index contributed by atoms with van der Waals surface area (Å²) in [6, 6.07) is 4.92. The molecule has 8 heteroatoms. The number of benzene rings is 1. The molecule has 1 aromatic rings. The lowest BCUT2D eigenvalue weighted by molar-refractivity contribution is -0.139. The van der Waals surface area contributed by atoms with Crippen molar-refractivity contribution in [2.24, 2.45) is 0 Å². The molecular weight excluding hydrogens is 349 g/mol. The Bertz CT molecular complexity index is 649. The third kappa shape index (κ3) is 5.72. The van der Waals surface area contributed by atoms with Crippen molar-refractivity contribution in [1.82, 2.24) is 9.80 Å². The first-order valence-corrected chi connectivity index (χ1v) is 8.53. The summed E-state index contributed by atoms with van der Waals surface area (Å²) < 4.78 is 38.3. The molecule has 1 amide bonds. The van der Waals surface area contributed by atoms with E-state index >= 15 is 0 Å². The predicted octanol–water partition coefficient (Wildman–Crippen LogP) is 2.65. The Kier molecular flexibility index (Phi) is 6.63. The van der Waals surface area contributed by atoms with Crippen LogP contribution in [0.15, 0.2) is 24.3 Å². The normalized spacial score (nSPS) is 18.7. The fourth-order valence-corrected chi connectivity index (χ4v) is 3.26. The zero-order chi connectivity index (χ0) is 19.3. The zero-order valence-corrected chi connectivity index (χ0v) is 14.6. The van der Waals surface area contributed by atoms with Crippen LogP contribution in [0.25, 0.3) is 0 Å². The molecule has 1 fully saturated rings. The number of carbonyl (C=O) groups excluding carboxylic acids is 1. The summed E-state index contributed by atoms with van der Waals surface area (Å²) in [5.41, 5.74) is -0.414. The maximum absolute atomic E-state index is 12.8. The van der Waals surface area contributed by atoms with Gasteiger partial charge in [0.2, 0.25) is 5.91 Å². The highest BCUT2D eigenvalue weighted by atomic mass is 19.4. The standard InChI is InChI=1S/C18H23F3N2O3/c1-22(12-17(25)26)15-6-3-8-23(9-7-15)16(24)11-13-4-2-5-14(10-13)18(19,20)21/h2,4-5,10,15H,3,6-9,11-12H2,1H3,(H,25,26). The van der Waals surface area contributed by atoms with E-state index in [0.29, 0.717) is 25.1 Å². The van der Waals surface area contributed by atoms with Gasteiger partial charge in [-0.3, -0.25) is 14.5 Å². The highest BCUT2D eigenvalue weighted by Gasteiger charge is 2.30. The highest BCUT2D eigenvalue weighted by molar-refractivity contribution is 5.78. The smallest absolute Gasteiger partial charge is 0.416 e. The van der Waals surface area contributed by atoms with Crippen molar-refractivity contribution < 1.29 is 27.9 Å². The second-order valence-electron chi connectivity index (χ2n) is 6.65. The Hall–Kier alpha value is -2.09. The largest absolute Gasteiger partial charge is 0.480 e. The van der Waals surface area contributed by atoms with E-state index in [0.717, 1.165) is 25.0 Å². The number of amides is 1. The summed E-state index contributed by atoms with van der Waals surface area (Å²) in [5.74, 6) is -1.10. The fourth-order valence-electron chi connectivity index (χ4n) is 3.26. The molecule has 0 radical (unpaired) electrons. The first-order valence-electron chi connectivity index (χ1n) is 8.53. The van der Waals surface area contributed by atoms with Crippen LogP contribution in [0.4, 0.5) is 13.2 Å². The number of rotatable bonds is 5. The van der Waals surface area contributed by atoms with Gasteiger partial charge < -0.3 is 10.0 Å². The minimum atomic E-state index is -4.43. The topological polar surface area (TPSA) is 60.9 Å². The number of hydrogen-bond donors (Lipinski definition) is 1. The maximum atomic E-state index is 12.8. The highest BCUT2D eigenvalue weighted by Crippen LogP contribution is 2.29. The van der Waals surface area contributed by atoms with Crippen molar-refractivity contribution in [2.45, 2.75) is 37.9 Å². The van der Waals surface area contributed by atoms with Gasteiger partial charge in [0.15, 0.2) is 0 Å². The number of halogens is 3. The molecule has 5 nitrogen and oxygen atoms in total. The van der Waals surface area contributed by atoms with Crippen molar-refractivity contribution in [2.75, 3.05) is 26.7 Å². The summed E-state index contributed by atoms with van der Waals surface area (Å²) in [6.45, 7) is 0.963. The van der Waals surface area contributed by atoms with Gasteiger partial charge in [-0.15, -0.1) is 0 Å². The molecule has 1 unspecified atom stereocenters. The summed E-state index contributed by atoms with van der Waals surface area (Å²) in [6.07, 6.45) is -2.32. The number of aliphatic carboxylic acids is 1. The fraction of sp³-hybridized carbons (Fsp3) is 0.556. The number of likely N-dealkylation sites (N-methyl/N-ethyl adjacent to an activating group) is 1. The molecule has 0 aromatic heterocycles. The van der Waals surface area contributed by atoms with E-state index in [1.165, 1.54) is 12.1 Å². The molecule has 26 heavy (non-hydrogen) atoms. The average molecular weight is 372 g/mol. The molecule has 0 saturated carbocycles. The van der Waals surface area contributed by atoms with E-state index in [1.54, 1.807) is 16.8 Å². The van der Waals surface area contributed by atoms with Crippen molar-refractivity contribution in [1.29, 1.82) is 0 Å². The Morgan fingerprint density at radius 2 is 2.00 bits per heavy atom. The van der Waals surface area contributed by atoms with Crippen LogP contribution in [0.3, 0.4) is 0 Å². The van der Waals surface area contributed by atoms with Crippen molar-refractivity contribution >= 4 is 11.9 Å². The van der Waals surface area contributed by atoms with Gasteiger partial charge in [-0.25, -0.2) is 0 Å². The minimum absolute atomic E-state index is 0.0527. The van der Waals surface area contributed by atoms with Crippen LogP contribution in [0, 0.1) is 0 Å². The van der Waals surface area contributed by atoms with E-state index in [1.807, 2.05) is 0 Å². The summed E-state index contributed by atoms with van der Waals surface area (Å²) in [4.78, 5) is 26.7. The summed E-state index contributed by atoms with van der Waals surface area (Å²) in [5, 5.41) is 8.88. The number of hydrogen-bond acceptors (Lipinski definition) is 3. The molecule has 1 heterocycles. The molecule has 0 spiro atoms. The zero-order valence-electron chi connectivity index (χ0n) is 14.6. The minimum Gasteiger partial charge on any atom is -0.480 e. The lowest BCUT2D eigenvalue weighted by atomic mass is 10.1. The lowest BCUT2D eigenvalue weighted by Crippen LogP contribution is -2.37. The van der Waals surface area contributed by atoms with Crippen molar-refractivity contribution in [3.63, 3.8) is 0 Å². The van der Waals surface area contributed by atoms with Crippen LogP contribution in [0.5, 0.6) is 0 Å². The molecule has 144 valence electrons. The number of carboxylic acid groups (broad SMARTS) is 1. The van der Waals surface area contributed by atoms with E-state index in [-0.39, 0.29) is 24.9 Å². The number of carbonyl (C=O) groups is 2. The van der Waals surface area contributed by atoms with Crippen LogP contribution >= 0.6 is 0 Å². The molecule has 0 bridgehead atoms. The van der Waals surface area contributed by atoms with Crippen LogP contribution in [-0.4, -0.2) is 59.5 Å². The number of alkyl halides is 3. The summed E-state index contributed by atoms with van der Waals surface area (Å²) >= 11 is 0. The molecular formula is C18H23F3N2O3. The molecule has 1 aliphatic rings. The first-order chi connectivity index (χ1) is 12.2. The van der Waals surface area contributed by atoms with Gasteiger partial charge in [0.1, 0.15) is 0 Å². The monoisotopic (exact) mass is 372 g/mol. The van der Waals surface area contributed by atoms with Gasteiger partial charge in [0.25, 0.3) is 0 Å².